The van der Waals surface area contributed by atoms with Crippen LogP contribution in [0.5, 0.6) is 0 Å². The van der Waals surface area contributed by atoms with Crippen LogP contribution in [0, 0.1) is 5.92 Å². The molecule has 8 heteroatoms. The molecule has 1 fully saturated rings. The molecule has 0 unspecified atom stereocenters. The number of likely N-dealkylation sites (N-methyl/N-ethyl adjacent to an activating group) is 1. The second-order valence-electron chi connectivity index (χ2n) is 7.78. The minimum absolute atomic E-state index is 0.0298. The number of benzene rings is 1. The van der Waals surface area contributed by atoms with Gasteiger partial charge in [-0.25, -0.2) is 14.5 Å². The van der Waals surface area contributed by atoms with E-state index in [1.807, 2.05) is 39.9 Å². The molecule has 0 spiro atoms. The van der Waals surface area contributed by atoms with Crippen LogP contribution in [0.1, 0.15) is 25.7 Å². The topological polar surface area (TPSA) is 74.6 Å². The summed E-state index contributed by atoms with van der Waals surface area (Å²) in [5.41, 5.74) is 0.968. The third kappa shape index (κ3) is 3.23. The zero-order valence-corrected chi connectivity index (χ0v) is 16.6. The zero-order valence-electron chi connectivity index (χ0n) is 16.6. The first-order chi connectivity index (χ1) is 13.5. The predicted molar refractivity (Wildman–Crippen MR) is 104 cm³/mol. The van der Waals surface area contributed by atoms with Gasteiger partial charge < -0.3 is 14.7 Å². The Morgan fingerprint density at radius 1 is 1.14 bits per heavy atom. The van der Waals surface area contributed by atoms with E-state index in [-0.39, 0.29) is 30.4 Å². The van der Waals surface area contributed by atoms with Gasteiger partial charge in [-0.1, -0.05) is 44.2 Å². The molecule has 0 aliphatic carbocycles. The lowest BCUT2D eigenvalue weighted by Crippen LogP contribution is -2.48. The van der Waals surface area contributed by atoms with Gasteiger partial charge in [0.1, 0.15) is 6.54 Å². The van der Waals surface area contributed by atoms with Crippen LogP contribution in [0.3, 0.4) is 0 Å². The van der Waals surface area contributed by atoms with Gasteiger partial charge in [0.05, 0.1) is 12.6 Å². The summed E-state index contributed by atoms with van der Waals surface area (Å²) in [5, 5.41) is 4.67. The SMILES string of the molecule is CC(C)[C@H]1c2nc(-c3ccccc3)nn2CCN1C(=O)CN1CCN(C)C1=O. The minimum atomic E-state index is -0.151. The second-order valence-corrected chi connectivity index (χ2v) is 7.78. The number of hydrogen-bond donors (Lipinski definition) is 0. The third-order valence-corrected chi connectivity index (χ3v) is 5.47. The number of nitrogens with zero attached hydrogens (tertiary/aromatic N) is 6. The molecular weight excluding hydrogens is 356 g/mol. The Morgan fingerprint density at radius 2 is 1.89 bits per heavy atom. The predicted octanol–water partition coefficient (Wildman–Crippen LogP) is 1.85. The Hall–Kier alpha value is -2.90. The molecule has 28 heavy (non-hydrogen) atoms. The molecule has 2 aromatic rings. The first-order valence-electron chi connectivity index (χ1n) is 9.75. The van der Waals surface area contributed by atoms with Crippen molar-refractivity contribution in [2.75, 3.05) is 33.2 Å². The summed E-state index contributed by atoms with van der Waals surface area (Å²) in [7, 11) is 1.76. The number of carbonyl (C=O) groups is 2. The van der Waals surface area contributed by atoms with Gasteiger partial charge in [-0.05, 0) is 5.92 Å². The molecule has 4 rings (SSSR count). The van der Waals surface area contributed by atoms with Crippen molar-refractivity contribution in [1.82, 2.24) is 29.5 Å². The number of amides is 3. The standard InChI is InChI=1S/C20H26N6O2/c1-14(2)17-19-21-18(15-7-5-4-6-8-15)22-26(19)12-11-25(17)16(27)13-24-10-9-23(3)20(24)28/h4-8,14,17H,9-13H2,1-3H3/t17-/m0/s1. The molecule has 3 heterocycles. The first kappa shape index (κ1) is 18.5. The minimum Gasteiger partial charge on any atom is -0.329 e. The van der Waals surface area contributed by atoms with E-state index in [1.54, 1.807) is 16.8 Å². The second kappa shape index (κ2) is 7.26. The Morgan fingerprint density at radius 3 is 2.54 bits per heavy atom. The van der Waals surface area contributed by atoms with Crippen molar-refractivity contribution in [2.24, 2.45) is 5.92 Å². The van der Waals surface area contributed by atoms with Gasteiger partial charge in [-0.2, -0.15) is 5.10 Å². The van der Waals surface area contributed by atoms with Crippen LogP contribution < -0.4 is 0 Å². The molecule has 0 bridgehead atoms. The number of rotatable bonds is 4. The fourth-order valence-corrected chi connectivity index (χ4v) is 3.97. The molecular formula is C20H26N6O2. The highest BCUT2D eigenvalue weighted by Gasteiger charge is 2.37. The van der Waals surface area contributed by atoms with Crippen LogP contribution >= 0.6 is 0 Å². The number of aromatic nitrogens is 3. The summed E-state index contributed by atoms with van der Waals surface area (Å²) in [6, 6.07) is 9.65. The smallest absolute Gasteiger partial charge is 0.320 e. The molecule has 1 atom stereocenters. The molecule has 1 aromatic carbocycles. The van der Waals surface area contributed by atoms with Crippen molar-refractivity contribution < 1.29 is 9.59 Å². The Labute approximate surface area is 164 Å². The zero-order chi connectivity index (χ0) is 19.8. The van der Waals surface area contributed by atoms with Crippen LogP contribution in [-0.4, -0.2) is 74.6 Å². The van der Waals surface area contributed by atoms with Crippen LogP contribution in [0.15, 0.2) is 30.3 Å². The van der Waals surface area contributed by atoms with Gasteiger partial charge in [0.25, 0.3) is 0 Å². The van der Waals surface area contributed by atoms with Gasteiger partial charge in [-0.3, -0.25) is 4.79 Å². The monoisotopic (exact) mass is 382 g/mol. The molecule has 1 saturated heterocycles. The number of carbonyl (C=O) groups excluding carboxylic acids is 2. The van der Waals surface area contributed by atoms with E-state index < -0.39 is 0 Å². The van der Waals surface area contributed by atoms with Gasteiger partial charge in [0, 0.05) is 32.2 Å². The lowest BCUT2D eigenvalue weighted by atomic mass is 9.99. The van der Waals surface area contributed by atoms with Gasteiger partial charge in [-0.15, -0.1) is 0 Å². The van der Waals surface area contributed by atoms with E-state index in [0.717, 1.165) is 11.4 Å². The normalized spacial score (nSPS) is 19.5. The lowest BCUT2D eigenvalue weighted by molar-refractivity contribution is -0.136. The van der Waals surface area contributed by atoms with E-state index in [2.05, 4.69) is 18.9 Å². The highest BCUT2D eigenvalue weighted by atomic mass is 16.2. The fraction of sp³-hybridized carbons (Fsp3) is 0.500. The van der Waals surface area contributed by atoms with Crippen LogP contribution in [0.25, 0.3) is 11.4 Å². The lowest BCUT2D eigenvalue weighted by Gasteiger charge is -2.38. The quantitative estimate of drug-likeness (QED) is 0.809. The molecule has 3 amide bonds. The van der Waals surface area contributed by atoms with Crippen LogP contribution in [-0.2, 0) is 11.3 Å². The number of urea groups is 1. The molecule has 2 aliphatic rings. The Balaban J connectivity index is 1.59. The first-order valence-corrected chi connectivity index (χ1v) is 9.75. The molecule has 0 N–H and O–H groups in total. The van der Waals surface area contributed by atoms with Gasteiger partial charge in [0.2, 0.25) is 5.91 Å². The molecule has 148 valence electrons. The molecule has 0 saturated carbocycles. The fourth-order valence-electron chi connectivity index (χ4n) is 3.97. The molecule has 2 aliphatic heterocycles. The maximum atomic E-state index is 13.1. The van der Waals surface area contributed by atoms with E-state index >= 15 is 0 Å². The van der Waals surface area contributed by atoms with Gasteiger partial charge >= 0.3 is 6.03 Å². The average molecular weight is 382 g/mol. The highest BCUT2D eigenvalue weighted by molar-refractivity contribution is 5.85. The Kier molecular flexibility index (Phi) is 4.78. The van der Waals surface area contributed by atoms with E-state index in [9.17, 15) is 9.59 Å². The van der Waals surface area contributed by atoms with Crippen LogP contribution in [0.4, 0.5) is 4.79 Å². The number of hydrogen-bond acceptors (Lipinski definition) is 4. The van der Waals surface area contributed by atoms with Crippen LogP contribution in [0.2, 0.25) is 0 Å². The molecule has 8 nitrogen and oxygen atoms in total. The Bertz CT molecular complexity index is 878. The third-order valence-electron chi connectivity index (χ3n) is 5.47. The van der Waals surface area contributed by atoms with Crippen molar-refractivity contribution in [3.8, 4) is 11.4 Å². The number of fused-ring (bicyclic) bond motifs is 1. The molecule has 1 aromatic heterocycles. The van der Waals surface area contributed by atoms with Crippen molar-refractivity contribution in [1.29, 1.82) is 0 Å². The highest BCUT2D eigenvalue weighted by Crippen LogP contribution is 2.32. The van der Waals surface area contributed by atoms with E-state index in [0.29, 0.717) is 32.0 Å². The van der Waals surface area contributed by atoms with E-state index in [1.165, 1.54) is 0 Å². The summed E-state index contributed by atoms with van der Waals surface area (Å²) in [6.07, 6.45) is 0. The van der Waals surface area contributed by atoms with Crippen molar-refractivity contribution in [3.63, 3.8) is 0 Å². The summed E-state index contributed by atoms with van der Waals surface area (Å²) in [4.78, 5) is 35.1. The maximum absolute atomic E-state index is 13.1. The van der Waals surface area contributed by atoms with Gasteiger partial charge in [0.15, 0.2) is 11.6 Å². The van der Waals surface area contributed by atoms with Crippen molar-refractivity contribution in [3.05, 3.63) is 36.2 Å². The van der Waals surface area contributed by atoms with Crippen molar-refractivity contribution in [2.45, 2.75) is 26.4 Å². The summed E-state index contributed by atoms with van der Waals surface area (Å²) >= 11 is 0. The average Bonchev–Trinajstić information content (AvgIpc) is 3.26. The summed E-state index contributed by atoms with van der Waals surface area (Å²) in [6.45, 7) is 6.73. The van der Waals surface area contributed by atoms with Crippen molar-refractivity contribution >= 4 is 11.9 Å². The summed E-state index contributed by atoms with van der Waals surface area (Å²) < 4.78 is 1.92. The largest absolute Gasteiger partial charge is 0.329 e. The molecule has 0 radical (unpaired) electrons. The maximum Gasteiger partial charge on any atom is 0.320 e. The van der Waals surface area contributed by atoms with E-state index in [4.69, 9.17) is 4.98 Å². The summed E-state index contributed by atoms with van der Waals surface area (Å²) in [5.74, 6) is 1.66.